The minimum Gasteiger partial charge on any atom is -0.386 e. The van der Waals surface area contributed by atoms with Gasteiger partial charge in [0.2, 0.25) is 17.8 Å². The molecule has 2 aliphatic rings. The molecule has 2 saturated heterocycles. The Morgan fingerprint density at radius 2 is 2.00 bits per heavy atom. The van der Waals surface area contributed by atoms with Gasteiger partial charge in [-0.3, -0.25) is 9.59 Å². The SMILES string of the molecule is CC(=O)N[C@@H](CCCCN)C(=O)N1CCC2(CC1)C[C@H](n1cnc3c(N)nc(N)nc31)[C@@](C)(O)CO2. The minimum atomic E-state index is -1.18. The molecule has 2 aromatic rings. The molecule has 2 aromatic heterocycles. The first-order chi connectivity index (χ1) is 17.0. The summed E-state index contributed by atoms with van der Waals surface area (Å²) in [5.41, 5.74) is 16.6. The molecule has 2 aliphatic heterocycles. The van der Waals surface area contributed by atoms with Gasteiger partial charge in [0.1, 0.15) is 17.2 Å². The van der Waals surface area contributed by atoms with Gasteiger partial charge in [-0.15, -0.1) is 0 Å². The lowest BCUT2D eigenvalue weighted by Gasteiger charge is -2.51. The van der Waals surface area contributed by atoms with E-state index in [1.807, 2.05) is 0 Å². The van der Waals surface area contributed by atoms with Crippen molar-refractivity contribution in [1.29, 1.82) is 0 Å². The summed E-state index contributed by atoms with van der Waals surface area (Å²) in [5.74, 6) is -0.0903. The van der Waals surface area contributed by atoms with Crippen molar-refractivity contribution in [2.24, 2.45) is 5.73 Å². The predicted octanol–water partition coefficient (Wildman–Crippen LogP) is -0.302. The zero-order valence-electron chi connectivity index (χ0n) is 20.9. The molecule has 2 amide bonds. The highest BCUT2D eigenvalue weighted by Crippen LogP contribution is 2.44. The van der Waals surface area contributed by atoms with Gasteiger partial charge in [0, 0.05) is 26.4 Å². The van der Waals surface area contributed by atoms with E-state index in [1.54, 1.807) is 22.7 Å². The topological polar surface area (TPSA) is 201 Å². The van der Waals surface area contributed by atoms with Crippen LogP contribution in [0.5, 0.6) is 0 Å². The molecule has 0 unspecified atom stereocenters. The fourth-order valence-corrected chi connectivity index (χ4v) is 5.31. The van der Waals surface area contributed by atoms with Gasteiger partial charge in [-0.2, -0.15) is 9.97 Å². The van der Waals surface area contributed by atoms with Crippen LogP contribution in [0.4, 0.5) is 11.8 Å². The monoisotopic (exact) mass is 503 g/mol. The van der Waals surface area contributed by atoms with Crippen molar-refractivity contribution in [3.05, 3.63) is 6.33 Å². The number of nitrogens with two attached hydrogens (primary N) is 3. The maximum Gasteiger partial charge on any atom is 0.245 e. The fourth-order valence-electron chi connectivity index (χ4n) is 5.31. The number of nitrogens with zero attached hydrogens (tertiary/aromatic N) is 5. The lowest BCUT2D eigenvalue weighted by atomic mass is 9.77. The number of carbonyl (C=O) groups excluding carboxylic acids is 2. The number of rotatable bonds is 7. The maximum absolute atomic E-state index is 13.2. The van der Waals surface area contributed by atoms with Crippen molar-refractivity contribution in [2.75, 3.05) is 37.7 Å². The summed E-state index contributed by atoms with van der Waals surface area (Å²) in [6.07, 6.45) is 5.43. The average molecular weight is 504 g/mol. The molecule has 8 N–H and O–H groups in total. The standard InChI is InChI=1S/C23H37N9O4/c1-14(33)28-15(5-3-4-8-24)20(34)31-9-6-23(7-10-31)11-16(22(2,35)12-36-23)32-13-27-17-18(25)29-21(26)30-19(17)32/h13,15-16,35H,3-12,24H2,1-2H3,(H,28,33)(H4,25,26,29,30)/t15-,16-,22-/m0/s1. The molecule has 13 heteroatoms. The molecule has 0 bridgehead atoms. The third-order valence-corrected chi connectivity index (χ3v) is 7.36. The quantitative estimate of drug-likeness (QED) is 0.312. The van der Waals surface area contributed by atoms with E-state index in [2.05, 4.69) is 20.3 Å². The van der Waals surface area contributed by atoms with Crippen LogP contribution in [0.15, 0.2) is 6.33 Å². The smallest absolute Gasteiger partial charge is 0.245 e. The Morgan fingerprint density at radius 1 is 1.28 bits per heavy atom. The Balaban J connectivity index is 1.49. The molecule has 4 heterocycles. The van der Waals surface area contributed by atoms with Crippen molar-refractivity contribution >= 4 is 34.7 Å². The maximum atomic E-state index is 13.2. The van der Waals surface area contributed by atoms with E-state index in [1.165, 1.54) is 6.92 Å². The Kier molecular flexibility index (Phi) is 7.34. The van der Waals surface area contributed by atoms with Crippen molar-refractivity contribution in [1.82, 2.24) is 29.7 Å². The number of imidazole rings is 1. The second kappa shape index (κ2) is 10.1. The van der Waals surface area contributed by atoms with Crippen LogP contribution in [0.25, 0.3) is 11.2 Å². The number of piperidine rings is 1. The number of aliphatic hydroxyl groups is 1. The van der Waals surface area contributed by atoms with Gasteiger partial charge in [-0.1, -0.05) is 0 Å². The summed E-state index contributed by atoms with van der Waals surface area (Å²) in [6.45, 7) is 4.80. The lowest BCUT2D eigenvalue weighted by Crippen LogP contribution is -2.59. The van der Waals surface area contributed by atoms with E-state index >= 15 is 0 Å². The molecular weight excluding hydrogens is 466 g/mol. The number of ether oxygens (including phenoxy) is 1. The summed E-state index contributed by atoms with van der Waals surface area (Å²) in [4.78, 5) is 39.3. The number of carbonyl (C=O) groups is 2. The van der Waals surface area contributed by atoms with E-state index in [0.717, 1.165) is 12.8 Å². The predicted molar refractivity (Wildman–Crippen MR) is 133 cm³/mol. The van der Waals surface area contributed by atoms with Crippen LogP contribution in [-0.2, 0) is 14.3 Å². The van der Waals surface area contributed by atoms with Crippen LogP contribution in [0.1, 0.15) is 58.4 Å². The summed E-state index contributed by atoms with van der Waals surface area (Å²) >= 11 is 0. The molecule has 0 saturated carbocycles. The van der Waals surface area contributed by atoms with Crippen molar-refractivity contribution in [3.63, 3.8) is 0 Å². The number of hydrogen-bond donors (Lipinski definition) is 5. The van der Waals surface area contributed by atoms with E-state index in [4.69, 9.17) is 21.9 Å². The second-order valence-corrected chi connectivity index (χ2v) is 10.2. The summed E-state index contributed by atoms with van der Waals surface area (Å²) in [6, 6.07) is -0.952. The van der Waals surface area contributed by atoms with Crippen LogP contribution in [0.2, 0.25) is 0 Å². The van der Waals surface area contributed by atoms with Gasteiger partial charge in [0.05, 0.1) is 24.6 Å². The number of anilines is 2. The highest BCUT2D eigenvalue weighted by atomic mass is 16.5. The normalized spacial score (nSPS) is 24.7. The third kappa shape index (κ3) is 5.22. The Morgan fingerprint density at radius 3 is 2.67 bits per heavy atom. The molecule has 0 aromatic carbocycles. The first kappa shape index (κ1) is 26.0. The van der Waals surface area contributed by atoms with E-state index in [0.29, 0.717) is 56.5 Å². The van der Waals surface area contributed by atoms with Gasteiger partial charge < -0.3 is 41.8 Å². The molecule has 3 atom stereocenters. The van der Waals surface area contributed by atoms with Crippen molar-refractivity contribution in [3.8, 4) is 0 Å². The minimum absolute atomic E-state index is 0.0372. The number of fused-ring (bicyclic) bond motifs is 1. The zero-order valence-corrected chi connectivity index (χ0v) is 20.9. The summed E-state index contributed by atoms with van der Waals surface area (Å²) in [7, 11) is 0. The molecular formula is C23H37N9O4. The van der Waals surface area contributed by atoms with Gasteiger partial charge in [-0.05, 0) is 45.6 Å². The lowest BCUT2D eigenvalue weighted by molar-refractivity contribution is -0.201. The van der Waals surface area contributed by atoms with E-state index < -0.39 is 23.3 Å². The third-order valence-electron chi connectivity index (χ3n) is 7.36. The summed E-state index contributed by atoms with van der Waals surface area (Å²) in [5, 5.41) is 14.0. The molecule has 13 nitrogen and oxygen atoms in total. The fraction of sp³-hybridized carbons (Fsp3) is 0.696. The number of nitrogen functional groups attached to an aromatic ring is 2. The second-order valence-electron chi connectivity index (χ2n) is 10.2. The molecule has 198 valence electrons. The number of likely N-dealkylation sites (tertiary alicyclic amines) is 1. The van der Waals surface area contributed by atoms with Crippen LogP contribution in [0.3, 0.4) is 0 Å². The average Bonchev–Trinajstić information content (AvgIpc) is 3.24. The highest BCUT2D eigenvalue weighted by Gasteiger charge is 2.50. The molecule has 0 radical (unpaired) electrons. The number of unbranched alkanes of at least 4 members (excludes halogenated alkanes) is 1. The Bertz CT molecular complexity index is 1110. The largest absolute Gasteiger partial charge is 0.386 e. The summed E-state index contributed by atoms with van der Waals surface area (Å²) < 4.78 is 8.06. The van der Waals surface area contributed by atoms with Crippen LogP contribution >= 0.6 is 0 Å². The van der Waals surface area contributed by atoms with Crippen molar-refractivity contribution < 1.29 is 19.4 Å². The molecule has 4 rings (SSSR count). The van der Waals surface area contributed by atoms with Crippen LogP contribution < -0.4 is 22.5 Å². The molecule has 0 aliphatic carbocycles. The van der Waals surface area contributed by atoms with E-state index in [9.17, 15) is 14.7 Å². The van der Waals surface area contributed by atoms with Crippen molar-refractivity contribution in [2.45, 2.75) is 75.7 Å². The molecule has 2 fully saturated rings. The number of hydrogen-bond acceptors (Lipinski definition) is 10. The number of nitrogens with one attached hydrogen (secondary N) is 1. The number of amides is 2. The first-order valence-corrected chi connectivity index (χ1v) is 12.4. The Hall–Kier alpha value is -3.03. The number of aromatic nitrogens is 4. The van der Waals surface area contributed by atoms with Crippen LogP contribution in [-0.4, -0.2) is 84.8 Å². The Labute approximate surface area is 209 Å². The van der Waals surface area contributed by atoms with Gasteiger partial charge >= 0.3 is 0 Å². The molecule has 1 spiro atoms. The molecule has 36 heavy (non-hydrogen) atoms. The van der Waals surface area contributed by atoms with Gasteiger partial charge in [0.25, 0.3) is 0 Å². The van der Waals surface area contributed by atoms with Crippen LogP contribution in [0, 0.1) is 0 Å². The zero-order chi connectivity index (χ0) is 26.1. The van der Waals surface area contributed by atoms with E-state index in [-0.39, 0.29) is 30.2 Å². The first-order valence-electron chi connectivity index (χ1n) is 12.4. The highest BCUT2D eigenvalue weighted by molar-refractivity contribution is 5.87. The van der Waals surface area contributed by atoms with Gasteiger partial charge in [0.15, 0.2) is 11.5 Å². The van der Waals surface area contributed by atoms with Gasteiger partial charge in [-0.25, -0.2) is 4.98 Å².